The fourth-order valence-corrected chi connectivity index (χ4v) is 5.73. The number of anilines is 2. The number of rotatable bonds is 10. The van der Waals surface area contributed by atoms with Crippen LogP contribution in [0, 0.1) is 20.2 Å². The Morgan fingerprint density at radius 3 is 1.18 bits per heavy atom. The van der Waals surface area contributed by atoms with E-state index in [-0.39, 0.29) is 32.5 Å². The van der Waals surface area contributed by atoms with E-state index < -0.39 is 29.9 Å². The summed E-state index contributed by atoms with van der Waals surface area (Å²) in [6.07, 6.45) is 3.18. The van der Waals surface area contributed by atoms with Crippen molar-refractivity contribution in [2.24, 2.45) is 0 Å². The number of nitrogens with one attached hydrogen (secondary N) is 2. The molecular formula is C26H20N4O8S2. The first-order chi connectivity index (χ1) is 19.0. The quantitative estimate of drug-likeness (QED) is 0.144. The van der Waals surface area contributed by atoms with Crippen LogP contribution < -0.4 is 9.44 Å². The van der Waals surface area contributed by atoms with Crippen molar-refractivity contribution in [3.63, 3.8) is 0 Å². The number of nitro benzene ring substituents is 2. The van der Waals surface area contributed by atoms with Crippen molar-refractivity contribution in [2.75, 3.05) is 9.44 Å². The van der Waals surface area contributed by atoms with Gasteiger partial charge in [-0.3, -0.25) is 29.7 Å². The molecule has 0 atom stereocenters. The summed E-state index contributed by atoms with van der Waals surface area (Å²) in [5.41, 5.74) is 0.874. The molecule has 2 N–H and O–H groups in total. The summed E-state index contributed by atoms with van der Waals surface area (Å²) in [6, 6.07) is 21.9. The van der Waals surface area contributed by atoms with E-state index in [0.717, 1.165) is 48.5 Å². The van der Waals surface area contributed by atoms with Gasteiger partial charge in [0.15, 0.2) is 0 Å². The summed E-state index contributed by atoms with van der Waals surface area (Å²) < 4.78 is 56.5. The van der Waals surface area contributed by atoms with Gasteiger partial charge in [-0.25, -0.2) is 16.8 Å². The van der Waals surface area contributed by atoms with Crippen molar-refractivity contribution in [1.29, 1.82) is 0 Å². The minimum atomic E-state index is -4.07. The van der Waals surface area contributed by atoms with Crippen LogP contribution in [0.15, 0.2) is 107 Å². The summed E-state index contributed by atoms with van der Waals surface area (Å²) in [6.45, 7) is 0. The van der Waals surface area contributed by atoms with Crippen molar-refractivity contribution >= 4 is 54.9 Å². The molecule has 40 heavy (non-hydrogen) atoms. The van der Waals surface area contributed by atoms with Gasteiger partial charge < -0.3 is 0 Å². The Kier molecular flexibility index (Phi) is 7.93. The molecule has 14 heteroatoms. The second kappa shape index (κ2) is 11.3. The summed E-state index contributed by atoms with van der Waals surface area (Å²) >= 11 is 0. The van der Waals surface area contributed by atoms with Crippen LogP contribution in [0.5, 0.6) is 0 Å². The largest absolute Gasteiger partial charge is 0.279 e. The maximum atomic E-state index is 12.9. The maximum Gasteiger partial charge on any atom is 0.269 e. The average Bonchev–Trinajstić information content (AvgIpc) is 2.93. The number of nitrogens with zero attached hydrogens (tertiary/aromatic N) is 2. The lowest BCUT2D eigenvalue weighted by molar-refractivity contribution is -0.385. The van der Waals surface area contributed by atoms with Gasteiger partial charge in [-0.15, -0.1) is 0 Å². The first kappa shape index (κ1) is 27.9. The second-order valence-electron chi connectivity index (χ2n) is 8.22. The van der Waals surface area contributed by atoms with E-state index in [0.29, 0.717) is 11.1 Å². The van der Waals surface area contributed by atoms with Crippen LogP contribution >= 0.6 is 0 Å². The van der Waals surface area contributed by atoms with Crippen molar-refractivity contribution < 1.29 is 26.7 Å². The van der Waals surface area contributed by atoms with Gasteiger partial charge in [-0.2, -0.15) is 0 Å². The van der Waals surface area contributed by atoms with E-state index in [1.54, 1.807) is 48.6 Å². The zero-order valence-electron chi connectivity index (χ0n) is 20.4. The summed E-state index contributed by atoms with van der Waals surface area (Å²) in [5.74, 6) is 0. The molecule has 4 aromatic carbocycles. The molecule has 0 saturated heterocycles. The number of benzene rings is 4. The molecule has 0 fully saturated rings. The number of hydrogen-bond donors (Lipinski definition) is 2. The van der Waals surface area contributed by atoms with Gasteiger partial charge in [0.2, 0.25) is 0 Å². The minimum Gasteiger partial charge on any atom is -0.279 e. The van der Waals surface area contributed by atoms with E-state index in [9.17, 15) is 37.1 Å². The van der Waals surface area contributed by atoms with E-state index in [1.165, 1.54) is 12.1 Å². The smallest absolute Gasteiger partial charge is 0.269 e. The Labute approximate surface area is 229 Å². The minimum absolute atomic E-state index is 0.164. The normalized spacial score (nSPS) is 11.7. The van der Waals surface area contributed by atoms with Crippen LogP contribution in [-0.2, 0) is 20.0 Å². The molecule has 0 spiro atoms. The van der Waals surface area contributed by atoms with E-state index >= 15 is 0 Å². The van der Waals surface area contributed by atoms with Gasteiger partial charge in [0.05, 0.1) is 31.0 Å². The van der Waals surface area contributed by atoms with Crippen LogP contribution in [0.25, 0.3) is 12.2 Å². The molecular weight excluding hydrogens is 560 g/mol. The van der Waals surface area contributed by atoms with Crippen molar-refractivity contribution in [2.45, 2.75) is 9.79 Å². The molecule has 204 valence electrons. The van der Waals surface area contributed by atoms with Gasteiger partial charge in [-0.05, 0) is 47.5 Å². The van der Waals surface area contributed by atoms with Crippen molar-refractivity contribution in [3.05, 3.63) is 128 Å². The summed E-state index contributed by atoms with van der Waals surface area (Å²) in [5, 5.41) is 21.7. The lowest BCUT2D eigenvalue weighted by Gasteiger charge is -2.12. The standard InChI is InChI=1S/C26H20N4O8S2/c31-29(32)21-11-15-23(16-12-21)39(35,36)27-25-7-3-1-5-19(25)9-10-20-6-2-4-8-26(20)28-40(37,38)24-17-13-22(14-18-24)30(33)34/h1-18,27-28H/b10-9+. The molecule has 0 heterocycles. The topological polar surface area (TPSA) is 179 Å². The fraction of sp³-hybridized carbons (Fsp3) is 0. The highest BCUT2D eigenvalue weighted by atomic mass is 32.2. The lowest BCUT2D eigenvalue weighted by atomic mass is 10.1. The third-order valence-electron chi connectivity index (χ3n) is 5.57. The molecule has 0 amide bonds. The van der Waals surface area contributed by atoms with Crippen LogP contribution in [-0.4, -0.2) is 26.7 Å². The monoisotopic (exact) mass is 580 g/mol. The Morgan fingerprint density at radius 2 is 0.850 bits per heavy atom. The Hall–Kier alpha value is -5.08. The van der Waals surface area contributed by atoms with E-state index in [4.69, 9.17) is 0 Å². The molecule has 0 saturated carbocycles. The zero-order chi connectivity index (χ0) is 28.9. The molecule has 0 aromatic heterocycles. The number of sulfonamides is 2. The maximum absolute atomic E-state index is 12.9. The van der Waals surface area contributed by atoms with Gasteiger partial charge >= 0.3 is 0 Å². The van der Waals surface area contributed by atoms with Crippen molar-refractivity contribution in [1.82, 2.24) is 0 Å². The molecule has 12 nitrogen and oxygen atoms in total. The number of hydrogen-bond acceptors (Lipinski definition) is 8. The predicted octanol–water partition coefficient (Wildman–Crippen LogP) is 5.28. The summed E-state index contributed by atoms with van der Waals surface area (Å²) in [4.78, 5) is 20.1. The van der Waals surface area contributed by atoms with E-state index in [2.05, 4.69) is 9.44 Å². The highest BCUT2D eigenvalue weighted by Crippen LogP contribution is 2.26. The van der Waals surface area contributed by atoms with Crippen molar-refractivity contribution in [3.8, 4) is 0 Å². The lowest BCUT2D eigenvalue weighted by Crippen LogP contribution is -2.14. The van der Waals surface area contributed by atoms with Gasteiger partial charge in [0, 0.05) is 24.3 Å². The molecule has 4 aromatic rings. The molecule has 0 aliphatic heterocycles. The molecule has 0 unspecified atom stereocenters. The first-order valence-corrected chi connectivity index (χ1v) is 14.3. The van der Waals surface area contributed by atoms with Gasteiger partial charge in [0.25, 0.3) is 31.4 Å². The Morgan fingerprint density at radius 1 is 0.525 bits per heavy atom. The fourth-order valence-electron chi connectivity index (χ4n) is 3.55. The molecule has 0 radical (unpaired) electrons. The van der Waals surface area contributed by atoms with E-state index in [1.807, 2.05) is 0 Å². The number of nitro groups is 2. The summed E-state index contributed by atoms with van der Waals surface area (Å²) in [7, 11) is -8.15. The highest BCUT2D eigenvalue weighted by molar-refractivity contribution is 7.93. The Bertz CT molecular complexity index is 1690. The van der Waals surface area contributed by atoms with Gasteiger partial charge in [0.1, 0.15) is 0 Å². The average molecular weight is 581 g/mol. The third kappa shape index (κ3) is 6.48. The predicted molar refractivity (Wildman–Crippen MR) is 150 cm³/mol. The van der Waals surface area contributed by atoms with Crippen LogP contribution in [0.3, 0.4) is 0 Å². The van der Waals surface area contributed by atoms with Crippen LogP contribution in [0.2, 0.25) is 0 Å². The molecule has 0 aliphatic rings. The SMILES string of the molecule is O=[N+]([O-])c1ccc(S(=O)(=O)Nc2ccccc2/C=C/c2ccccc2NS(=O)(=O)c2ccc([N+](=O)[O-])cc2)cc1. The zero-order valence-corrected chi connectivity index (χ0v) is 22.0. The Balaban J connectivity index is 1.58. The highest BCUT2D eigenvalue weighted by Gasteiger charge is 2.19. The number of para-hydroxylation sites is 2. The van der Waals surface area contributed by atoms with Crippen LogP contribution in [0.1, 0.15) is 11.1 Å². The van der Waals surface area contributed by atoms with Crippen LogP contribution in [0.4, 0.5) is 22.7 Å². The first-order valence-electron chi connectivity index (χ1n) is 11.4. The second-order valence-corrected chi connectivity index (χ2v) is 11.6. The molecule has 4 rings (SSSR count). The molecule has 0 bridgehead atoms. The third-order valence-corrected chi connectivity index (χ3v) is 8.33. The number of non-ortho nitro benzene ring substituents is 2. The molecule has 0 aliphatic carbocycles. The van der Waals surface area contributed by atoms with Gasteiger partial charge in [-0.1, -0.05) is 48.6 Å².